The molecule has 5 aromatic rings. The first-order chi connectivity index (χ1) is 29.9. The number of alkyl halides is 3. The first kappa shape index (κ1) is 47.4. The third-order valence-corrected chi connectivity index (χ3v) is 13.7. The van der Waals surface area contributed by atoms with E-state index >= 15 is 0 Å². The molecule has 1 amide bonds. The highest BCUT2D eigenvalue weighted by molar-refractivity contribution is 7.92. The van der Waals surface area contributed by atoms with Crippen LogP contribution in [0.3, 0.4) is 0 Å². The van der Waals surface area contributed by atoms with Crippen LogP contribution in [0.15, 0.2) is 106 Å². The number of carbonyl (C=O) groups is 1. The Hall–Kier alpha value is -5.11. The van der Waals surface area contributed by atoms with Crippen molar-refractivity contribution in [1.29, 1.82) is 0 Å². The molecule has 338 valence electrons. The Bertz CT molecular complexity index is 2670. The third-order valence-electron chi connectivity index (χ3n) is 10.5. The molecule has 4 aromatic carbocycles. The van der Waals surface area contributed by atoms with Gasteiger partial charge in [-0.2, -0.15) is 13.2 Å². The number of nitrogens with one attached hydrogen (secondary N) is 6. The minimum atomic E-state index is -6.04. The second kappa shape index (κ2) is 20.2. The van der Waals surface area contributed by atoms with E-state index < -0.39 is 46.8 Å². The van der Waals surface area contributed by atoms with Crippen molar-refractivity contribution in [3.63, 3.8) is 0 Å². The molecule has 0 fully saturated rings. The monoisotopic (exact) mass is 930 g/mol. The Morgan fingerprint density at radius 1 is 0.873 bits per heavy atom. The van der Waals surface area contributed by atoms with Crippen LogP contribution in [0, 0.1) is 5.41 Å². The molecule has 0 spiro atoms. The van der Waals surface area contributed by atoms with Gasteiger partial charge in [0.05, 0.1) is 22.8 Å². The molecule has 1 aliphatic carbocycles. The zero-order valence-corrected chi connectivity index (χ0v) is 37.1. The second-order valence-electron chi connectivity index (χ2n) is 15.9. The summed E-state index contributed by atoms with van der Waals surface area (Å²) >= 11 is 6.17. The lowest BCUT2D eigenvalue weighted by atomic mass is 9.72. The Morgan fingerprint density at radius 2 is 1.65 bits per heavy atom. The van der Waals surface area contributed by atoms with Crippen LogP contribution in [-0.4, -0.2) is 84.2 Å². The predicted molar refractivity (Wildman–Crippen MR) is 240 cm³/mol. The van der Waals surface area contributed by atoms with Crippen LogP contribution in [0.5, 0.6) is 11.5 Å². The van der Waals surface area contributed by atoms with Gasteiger partial charge in [0.2, 0.25) is 0 Å². The van der Waals surface area contributed by atoms with Crippen molar-refractivity contribution in [2.45, 2.75) is 54.8 Å². The topological polar surface area (TPSA) is 191 Å². The van der Waals surface area contributed by atoms with E-state index in [0.717, 1.165) is 47.9 Å². The number of aromatic nitrogens is 1. The lowest BCUT2D eigenvalue weighted by molar-refractivity contribution is -0.0435. The van der Waals surface area contributed by atoms with Gasteiger partial charge < -0.3 is 36.1 Å². The fourth-order valence-corrected chi connectivity index (χ4v) is 9.34. The molecule has 1 aromatic heterocycles. The molecule has 19 heteroatoms. The van der Waals surface area contributed by atoms with Crippen LogP contribution in [-0.2, 0) is 19.9 Å². The molecule has 0 saturated carbocycles. The fourth-order valence-electron chi connectivity index (χ4n) is 7.18. The summed E-state index contributed by atoms with van der Waals surface area (Å²) in [5, 5.41) is 22.7. The maximum absolute atomic E-state index is 13.8. The molecule has 63 heavy (non-hydrogen) atoms. The molecule has 1 heterocycles. The molecule has 1 aliphatic rings. The van der Waals surface area contributed by atoms with E-state index in [0.29, 0.717) is 55.1 Å². The van der Waals surface area contributed by atoms with Crippen LogP contribution in [0.2, 0.25) is 5.02 Å². The van der Waals surface area contributed by atoms with Crippen LogP contribution in [0.4, 0.5) is 24.5 Å². The number of hydrogen-bond acceptors (Lipinski definition) is 11. The Balaban J connectivity index is 1.20. The number of H-pyrrole nitrogens is 1. The molecule has 0 unspecified atom stereocenters. The molecule has 0 atom stereocenters. The SMILES string of the molecule is CC1(C)CCC(CNCCNc2ccc(C(=O)NS(=O)(=O)c3ccc(NCCCNCCO)c(S(=O)(=O)C(F)(F)F)c3)c(Oc3ccc4[nH]ccc4c3)c2)=C(c2ccc(Cl)cc2)C1. The van der Waals surface area contributed by atoms with Crippen molar-refractivity contribution >= 4 is 65.2 Å². The number of amides is 1. The number of sulfone groups is 1. The molecule has 0 radical (unpaired) electrons. The minimum absolute atomic E-state index is 0.0195. The average molecular weight is 932 g/mol. The summed E-state index contributed by atoms with van der Waals surface area (Å²) in [6, 6.07) is 21.5. The summed E-state index contributed by atoms with van der Waals surface area (Å²) in [6.45, 7) is 6.81. The van der Waals surface area contributed by atoms with E-state index in [1.165, 1.54) is 23.3 Å². The first-order valence-corrected chi connectivity index (χ1v) is 23.6. The third kappa shape index (κ3) is 12.1. The number of benzene rings is 4. The standard InChI is InChI=1S/C44H50ClF3N6O7S2/c1-43(2)16-14-31(37(27-43)29-4-6-32(45)7-5-29)28-50-20-21-51-33-8-11-36(40(25-33)61-34-9-12-38-30(24-34)15-19-53-38)42(56)54-63(59,60)35-10-13-39(52-18-3-17-49-22-23-55)41(26-35)62(57,58)44(46,47)48/h4-13,15,19,24-26,49-53,55H,3,14,16-18,20-23,27-28H2,1-2H3,(H,54,56). The van der Waals surface area contributed by atoms with Crippen LogP contribution >= 0.6 is 11.6 Å². The summed E-state index contributed by atoms with van der Waals surface area (Å²) in [5.41, 5.74) is -1.12. The van der Waals surface area contributed by atoms with Crippen LogP contribution < -0.4 is 30.7 Å². The number of allylic oxidation sites excluding steroid dienone is 1. The zero-order valence-electron chi connectivity index (χ0n) is 34.7. The summed E-state index contributed by atoms with van der Waals surface area (Å²) in [4.78, 5) is 14.6. The highest BCUT2D eigenvalue weighted by Gasteiger charge is 2.48. The van der Waals surface area contributed by atoms with Crippen molar-refractivity contribution in [3.05, 3.63) is 113 Å². The van der Waals surface area contributed by atoms with E-state index in [1.54, 1.807) is 30.5 Å². The molecule has 7 N–H and O–H groups in total. The molecular formula is C44H50ClF3N6O7S2. The van der Waals surface area contributed by atoms with Crippen LogP contribution in [0.1, 0.15) is 55.5 Å². The number of aliphatic hydroxyl groups is 1. The number of carbonyl (C=O) groups excluding carboxylic acids is 1. The van der Waals surface area contributed by atoms with Gasteiger partial charge in [0.25, 0.3) is 25.8 Å². The Kier molecular flexibility index (Phi) is 15.2. The van der Waals surface area contributed by atoms with Crippen molar-refractivity contribution in [3.8, 4) is 11.5 Å². The quantitative estimate of drug-likeness (QED) is 0.0374. The van der Waals surface area contributed by atoms with Gasteiger partial charge in [-0.25, -0.2) is 21.6 Å². The minimum Gasteiger partial charge on any atom is -0.456 e. The van der Waals surface area contributed by atoms with E-state index in [-0.39, 0.29) is 36.4 Å². The summed E-state index contributed by atoms with van der Waals surface area (Å²) < 4.78 is 102. The number of halogens is 4. The summed E-state index contributed by atoms with van der Waals surface area (Å²) in [7, 11) is -11.0. The Morgan fingerprint density at radius 3 is 2.40 bits per heavy atom. The zero-order chi connectivity index (χ0) is 45.4. The Labute approximate surface area is 369 Å². The number of aromatic amines is 1. The van der Waals surface area contributed by atoms with Crippen molar-refractivity contribution in [2.75, 3.05) is 56.5 Å². The number of anilines is 2. The summed E-state index contributed by atoms with van der Waals surface area (Å²) in [6.07, 6.45) is 5.05. The van der Waals surface area contributed by atoms with E-state index in [2.05, 4.69) is 52.2 Å². The van der Waals surface area contributed by atoms with E-state index in [9.17, 15) is 34.8 Å². The van der Waals surface area contributed by atoms with Gasteiger partial charge >= 0.3 is 5.51 Å². The lowest BCUT2D eigenvalue weighted by Gasteiger charge is -2.34. The van der Waals surface area contributed by atoms with Gasteiger partial charge in [-0.05, 0) is 116 Å². The molecule has 0 aliphatic heterocycles. The number of ether oxygens (including phenoxy) is 1. The highest BCUT2D eigenvalue weighted by Crippen LogP contribution is 2.43. The predicted octanol–water partition coefficient (Wildman–Crippen LogP) is 8.08. The van der Waals surface area contributed by atoms with E-state index in [4.69, 9.17) is 21.4 Å². The smallest absolute Gasteiger partial charge is 0.456 e. The van der Waals surface area contributed by atoms with Crippen molar-refractivity contribution in [1.82, 2.24) is 20.3 Å². The molecular weight excluding hydrogens is 881 g/mol. The largest absolute Gasteiger partial charge is 0.501 e. The molecule has 0 saturated heterocycles. The number of fused-ring (bicyclic) bond motifs is 1. The number of sulfonamides is 1. The number of hydrogen-bond donors (Lipinski definition) is 7. The second-order valence-corrected chi connectivity index (χ2v) is 19.9. The first-order valence-electron chi connectivity index (χ1n) is 20.3. The fraction of sp³-hybridized carbons (Fsp3) is 0.341. The van der Waals surface area contributed by atoms with Crippen molar-refractivity contribution in [2.24, 2.45) is 5.41 Å². The van der Waals surface area contributed by atoms with Gasteiger partial charge in [-0.3, -0.25) is 4.79 Å². The maximum atomic E-state index is 13.8. The van der Waals surface area contributed by atoms with Gasteiger partial charge in [0.15, 0.2) is 0 Å². The molecule has 0 bridgehead atoms. The van der Waals surface area contributed by atoms with Gasteiger partial charge in [-0.15, -0.1) is 0 Å². The van der Waals surface area contributed by atoms with Gasteiger partial charge in [-0.1, -0.05) is 43.2 Å². The maximum Gasteiger partial charge on any atom is 0.501 e. The van der Waals surface area contributed by atoms with E-state index in [1.807, 2.05) is 22.9 Å². The number of rotatable bonds is 20. The lowest BCUT2D eigenvalue weighted by Crippen LogP contribution is -2.31. The van der Waals surface area contributed by atoms with Gasteiger partial charge in [0, 0.05) is 66.6 Å². The average Bonchev–Trinajstić information content (AvgIpc) is 3.70. The molecule has 6 rings (SSSR count). The highest BCUT2D eigenvalue weighted by atomic mass is 35.5. The van der Waals surface area contributed by atoms with Gasteiger partial charge in [0.1, 0.15) is 16.4 Å². The normalized spacial score (nSPS) is 14.5. The summed E-state index contributed by atoms with van der Waals surface area (Å²) in [5.74, 6) is -0.891. The van der Waals surface area contributed by atoms with Crippen molar-refractivity contribution < 1.29 is 44.6 Å². The number of aliphatic hydroxyl groups excluding tert-OH is 1. The molecule has 13 nitrogen and oxygen atoms in total. The van der Waals surface area contributed by atoms with Crippen LogP contribution in [0.25, 0.3) is 16.5 Å².